The van der Waals surface area contributed by atoms with E-state index in [1.807, 2.05) is 48.5 Å². The number of amides is 1. The van der Waals surface area contributed by atoms with Crippen LogP contribution in [0.25, 0.3) is 0 Å². The smallest absolute Gasteiger partial charge is 0.278 e. The number of fused-ring (bicyclic) bond motifs is 1. The molecule has 0 saturated carbocycles. The molecule has 25 heavy (non-hydrogen) atoms. The third kappa shape index (κ3) is 3.14. The molecule has 6 nitrogen and oxygen atoms in total. The number of benzene rings is 2. The minimum atomic E-state index is -0.211. The number of rotatable bonds is 4. The van der Waals surface area contributed by atoms with Crippen molar-refractivity contribution in [1.29, 1.82) is 0 Å². The van der Waals surface area contributed by atoms with Crippen molar-refractivity contribution in [3.63, 3.8) is 0 Å². The van der Waals surface area contributed by atoms with Crippen LogP contribution in [-0.4, -0.2) is 22.7 Å². The van der Waals surface area contributed by atoms with Gasteiger partial charge in [0.05, 0.1) is 12.7 Å². The number of carbonyl (C=O) groups excluding carboxylic acids is 1. The van der Waals surface area contributed by atoms with Crippen LogP contribution in [0, 0.1) is 0 Å². The second-order valence-electron chi connectivity index (χ2n) is 5.51. The van der Waals surface area contributed by atoms with Crippen LogP contribution in [0.3, 0.4) is 0 Å². The van der Waals surface area contributed by atoms with Crippen molar-refractivity contribution in [1.82, 2.24) is 9.97 Å². The highest BCUT2D eigenvalue weighted by Gasteiger charge is 2.21. The molecule has 0 spiro atoms. The molecule has 0 aliphatic carbocycles. The summed E-state index contributed by atoms with van der Waals surface area (Å²) in [6.07, 6.45) is 4.52. The molecule has 0 N–H and O–H groups in total. The Morgan fingerprint density at radius 3 is 2.68 bits per heavy atom. The summed E-state index contributed by atoms with van der Waals surface area (Å²) in [4.78, 5) is 22.7. The summed E-state index contributed by atoms with van der Waals surface area (Å²) in [5.74, 6) is 1.20. The van der Waals surface area contributed by atoms with E-state index in [0.29, 0.717) is 18.0 Å². The zero-order valence-electron chi connectivity index (χ0n) is 13.3. The Labute approximate surface area is 144 Å². The van der Waals surface area contributed by atoms with Crippen molar-refractivity contribution in [2.45, 2.75) is 6.54 Å². The predicted octanol–water partition coefficient (Wildman–Crippen LogP) is 3.05. The summed E-state index contributed by atoms with van der Waals surface area (Å²) in [6.45, 7) is 0.607. The number of carbonyl (C=O) groups is 1. The Bertz CT molecular complexity index is 885. The lowest BCUT2D eigenvalue weighted by molar-refractivity contribution is 0.0980. The van der Waals surface area contributed by atoms with Crippen LogP contribution in [0.5, 0.6) is 11.5 Å². The zero-order valence-corrected chi connectivity index (χ0v) is 13.3. The van der Waals surface area contributed by atoms with Gasteiger partial charge in [-0.15, -0.1) is 0 Å². The summed E-state index contributed by atoms with van der Waals surface area (Å²) in [5, 5.41) is 0. The Kier molecular flexibility index (Phi) is 4.00. The van der Waals surface area contributed by atoms with Gasteiger partial charge in [0.2, 0.25) is 6.79 Å². The van der Waals surface area contributed by atoms with Gasteiger partial charge >= 0.3 is 0 Å². The van der Waals surface area contributed by atoms with Crippen LogP contribution in [0.2, 0.25) is 0 Å². The molecule has 2 aromatic carbocycles. The first-order valence-corrected chi connectivity index (χ1v) is 7.83. The number of hydrogen-bond acceptors (Lipinski definition) is 5. The lowest BCUT2D eigenvalue weighted by Crippen LogP contribution is -2.31. The predicted molar refractivity (Wildman–Crippen MR) is 91.6 cm³/mol. The largest absolute Gasteiger partial charge is 0.454 e. The first-order valence-electron chi connectivity index (χ1n) is 7.83. The molecule has 1 aliphatic heterocycles. The fraction of sp³-hybridized carbons (Fsp3) is 0.105. The van der Waals surface area contributed by atoms with Crippen molar-refractivity contribution in [3.05, 3.63) is 78.4 Å². The molecule has 1 aromatic heterocycles. The van der Waals surface area contributed by atoms with Gasteiger partial charge in [0.1, 0.15) is 5.69 Å². The minimum absolute atomic E-state index is 0.211. The van der Waals surface area contributed by atoms with E-state index in [0.717, 1.165) is 17.0 Å². The molecule has 1 amide bonds. The highest BCUT2D eigenvalue weighted by atomic mass is 16.7. The van der Waals surface area contributed by atoms with E-state index < -0.39 is 0 Å². The third-order valence-corrected chi connectivity index (χ3v) is 3.87. The van der Waals surface area contributed by atoms with Crippen molar-refractivity contribution in [2.24, 2.45) is 0 Å². The standard InChI is InChI=1S/C19H15N3O3/c23-19(16-11-20-8-9-21-16)22(15-4-2-1-3-5-15)12-14-6-7-17-18(10-14)25-13-24-17/h1-11H,12-13H2. The monoisotopic (exact) mass is 333 g/mol. The lowest BCUT2D eigenvalue weighted by atomic mass is 10.1. The van der Waals surface area contributed by atoms with Gasteiger partial charge in [0, 0.05) is 18.1 Å². The summed E-state index contributed by atoms with van der Waals surface area (Å²) in [7, 11) is 0. The van der Waals surface area contributed by atoms with Crippen molar-refractivity contribution < 1.29 is 14.3 Å². The quantitative estimate of drug-likeness (QED) is 0.734. The van der Waals surface area contributed by atoms with Gasteiger partial charge in [-0.2, -0.15) is 0 Å². The molecular formula is C19H15N3O3. The zero-order chi connectivity index (χ0) is 17.1. The molecule has 0 fully saturated rings. The fourth-order valence-corrected chi connectivity index (χ4v) is 2.66. The number of ether oxygens (including phenoxy) is 2. The number of aromatic nitrogens is 2. The van der Waals surface area contributed by atoms with Crippen LogP contribution in [0.15, 0.2) is 67.1 Å². The van der Waals surface area contributed by atoms with Crippen molar-refractivity contribution >= 4 is 11.6 Å². The minimum Gasteiger partial charge on any atom is -0.454 e. The van der Waals surface area contributed by atoms with Crippen LogP contribution in [-0.2, 0) is 6.54 Å². The van der Waals surface area contributed by atoms with E-state index >= 15 is 0 Å². The van der Waals surface area contributed by atoms with Crippen molar-refractivity contribution in [3.8, 4) is 11.5 Å². The van der Waals surface area contributed by atoms with E-state index in [4.69, 9.17) is 9.47 Å². The van der Waals surface area contributed by atoms with E-state index in [1.54, 1.807) is 11.1 Å². The molecule has 6 heteroatoms. The summed E-state index contributed by atoms with van der Waals surface area (Å²) in [6, 6.07) is 15.2. The van der Waals surface area contributed by atoms with Gasteiger partial charge in [-0.1, -0.05) is 24.3 Å². The highest BCUT2D eigenvalue weighted by Crippen LogP contribution is 2.33. The van der Waals surface area contributed by atoms with Gasteiger partial charge in [-0.25, -0.2) is 4.98 Å². The molecule has 0 bridgehead atoms. The second kappa shape index (κ2) is 6.60. The Morgan fingerprint density at radius 2 is 1.88 bits per heavy atom. The van der Waals surface area contributed by atoms with E-state index in [2.05, 4.69) is 9.97 Å². The van der Waals surface area contributed by atoms with Crippen LogP contribution < -0.4 is 14.4 Å². The molecule has 0 unspecified atom stereocenters. The number of anilines is 1. The Morgan fingerprint density at radius 1 is 1.04 bits per heavy atom. The summed E-state index contributed by atoms with van der Waals surface area (Å²) < 4.78 is 10.8. The topological polar surface area (TPSA) is 64.6 Å². The average Bonchev–Trinajstić information content (AvgIpc) is 3.15. The van der Waals surface area contributed by atoms with Gasteiger partial charge in [-0.3, -0.25) is 9.78 Å². The lowest BCUT2D eigenvalue weighted by Gasteiger charge is -2.22. The third-order valence-electron chi connectivity index (χ3n) is 3.87. The fourth-order valence-electron chi connectivity index (χ4n) is 2.66. The normalized spacial score (nSPS) is 12.0. The maximum Gasteiger partial charge on any atom is 0.278 e. The first-order chi connectivity index (χ1) is 12.3. The van der Waals surface area contributed by atoms with E-state index in [9.17, 15) is 4.79 Å². The Balaban J connectivity index is 1.67. The van der Waals surface area contributed by atoms with Crippen LogP contribution in [0.1, 0.15) is 16.1 Å². The van der Waals surface area contributed by atoms with Gasteiger partial charge in [0.15, 0.2) is 11.5 Å². The summed E-state index contributed by atoms with van der Waals surface area (Å²) >= 11 is 0. The molecule has 124 valence electrons. The summed E-state index contributed by atoms with van der Waals surface area (Å²) in [5.41, 5.74) is 2.02. The maximum absolute atomic E-state index is 13.0. The van der Waals surface area contributed by atoms with Gasteiger partial charge < -0.3 is 14.4 Å². The molecule has 0 radical (unpaired) electrons. The van der Waals surface area contributed by atoms with E-state index in [1.165, 1.54) is 12.4 Å². The maximum atomic E-state index is 13.0. The number of hydrogen-bond donors (Lipinski definition) is 0. The highest BCUT2D eigenvalue weighted by molar-refractivity contribution is 6.04. The average molecular weight is 333 g/mol. The van der Waals surface area contributed by atoms with Gasteiger partial charge in [-0.05, 0) is 29.8 Å². The molecule has 0 saturated heterocycles. The Hall–Kier alpha value is -3.41. The first kappa shape index (κ1) is 15.1. The van der Waals surface area contributed by atoms with Crippen LogP contribution >= 0.6 is 0 Å². The van der Waals surface area contributed by atoms with Crippen molar-refractivity contribution in [2.75, 3.05) is 11.7 Å². The second-order valence-corrected chi connectivity index (χ2v) is 5.51. The number of nitrogens with zero attached hydrogens (tertiary/aromatic N) is 3. The molecule has 4 rings (SSSR count). The van der Waals surface area contributed by atoms with Gasteiger partial charge in [0.25, 0.3) is 5.91 Å². The van der Waals surface area contributed by atoms with Crippen LogP contribution in [0.4, 0.5) is 5.69 Å². The molecular weight excluding hydrogens is 318 g/mol. The van der Waals surface area contributed by atoms with E-state index in [-0.39, 0.29) is 12.7 Å². The molecule has 1 aliphatic rings. The molecule has 2 heterocycles. The number of para-hydroxylation sites is 1. The molecule has 0 atom stereocenters. The SMILES string of the molecule is O=C(c1cnccn1)N(Cc1ccc2c(c1)OCO2)c1ccccc1. The molecule has 3 aromatic rings.